The van der Waals surface area contributed by atoms with Gasteiger partial charge in [0.25, 0.3) is 0 Å². The van der Waals surface area contributed by atoms with Crippen molar-refractivity contribution in [2.75, 3.05) is 0 Å². The third-order valence-electron chi connectivity index (χ3n) is 4.99. The fraction of sp³-hybridized carbons (Fsp3) is 0.812. The first kappa shape index (κ1) is 15.8. The van der Waals surface area contributed by atoms with Crippen LogP contribution in [0.5, 0.6) is 0 Å². The van der Waals surface area contributed by atoms with Gasteiger partial charge in [-0.05, 0) is 43.9 Å². The number of hydrogen-bond acceptors (Lipinski definition) is 2. The van der Waals surface area contributed by atoms with Gasteiger partial charge in [0.15, 0.2) is 0 Å². The van der Waals surface area contributed by atoms with Gasteiger partial charge in [0.05, 0.1) is 16.4 Å². The van der Waals surface area contributed by atoms with Crippen LogP contribution in [0.2, 0.25) is 5.02 Å². The summed E-state index contributed by atoms with van der Waals surface area (Å²) in [4.78, 5) is 0. The standard InChI is InChI=1S/C16H28ClN3/c1-5-13-15(17)14(20(4)19-13)10-16(18)8-6-12(7-9-16)11(2)3/h11-12H,5-10,18H2,1-4H3. The van der Waals surface area contributed by atoms with Gasteiger partial charge in [0, 0.05) is 19.0 Å². The Bertz CT molecular complexity index is 457. The Morgan fingerprint density at radius 1 is 1.40 bits per heavy atom. The van der Waals surface area contributed by atoms with E-state index < -0.39 is 0 Å². The largest absolute Gasteiger partial charge is 0.325 e. The van der Waals surface area contributed by atoms with E-state index in [1.54, 1.807) is 0 Å². The van der Waals surface area contributed by atoms with Gasteiger partial charge in [-0.25, -0.2) is 0 Å². The lowest BCUT2D eigenvalue weighted by Gasteiger charge is -2.38. The van der Waals surface area contributed by atoms with Crippen molar-refractivity contribution in [3.8, 4) is 0 Å². The molecule has 0 amide bonds. The highest BCUT2D eigenvalue weighted by Gasteiger charge is 2.34. The van der Waals surface area contributed by atoms with Crippen molar-refractivity contribution in [3.63, 3.8) is 0 Å². The first-order valence-electron chi connectivity index (χ1n) is 7.85. The highest BCUT2D eigenvalue weighted by atomic mass is 35.5. The quantitative estimate of drug-likeness (QED) is 0.920. The maximum absolute atomic E-state index is 6.64. The third kappa shape index (κ3) is 3.20. The fourth-order valence-corrected chi connectivity index (χ4v) is 3.76. The molecule has 4 heteroatoms. The molecule has 20 heavy (non-hydrogen) atoms. The molecule has 1 fully saturated rings. The van der Waals surface area contributed by atoms with E-state index in [1.165, 1.54) is 12.8 Å². The van der Waals surface area contributed by atoms with Crippen LogP contribution in [0.4, 0.5) is 0 Å². The Hall–Kier alpha value is -0.540. The number of hydrogen-bond donors (Lipinski definition) is 1. The summed E-state index contributed by atoms with van der Waals surface area (Å²) in [7, 11) is 1.98. The fourth-order valence-electron chi connectivity index (χ4n) is 3.40. The first-order valence-corrected chi connectivity index (χ1v) is 8.23. The van der Waals surface area contributed by atoms with Gasteiger partial charge in [0.2, 0.25) is 0 Å². The Kier molecular flexibility index (Phi) is 4.80. The van der Waals surface area contributed by atoms with Crippen molar-refractivity contribution < 1.29 is 0 Å². The van der Waals surface area contributed by atoms with Crippen LogP contribution in [0.1, 0.15) is 57.8 Å². The summed E-state index contributed by atoms with van der Waals surface area (Å²) in [6, 6.07) is 0. The molecular weight excluding hydrogens is 270 g/mol. The van der Waals surface area contributed by atoms with Crippen molar-refractivity contribution in [1.82, 2.24) is 9.78 Å². The highest BCUT2D eigenvalue weighted by Crippen LogP contribution is 2.37. The third-order valence-corrected chi connectivity index (χ3v) is 5.43. The van der Waals surface area contributed by atoms with Crippen LogP contribution in [0.15, 0.2) is 0 Å². The van der Waals surface area contributed by atoms with Crippen molar-refractivity contribution in [2.45, 2.75) is 64.8 Å². The van der Waals surface area contributed by atoms with Gasteiger partial charge in [-0.3, -0.25) is 4.68 Å². The number of halogens is 1. The molecule has 1 heterocycles. The molecule has 0 radical (unpaired) electrons. The number of aryl methyl sites for hydroxylation is 2. The summed E-state index contributed by atoms with van der Waals surface area (Å²) < 4.78 is 1.92. The van der Waals surface area contributed by atoms with E-state index in [2.05, 4.69) is 25.9 Å². The molecule has 3 nitrogen and oxygen atoms in total. The second-order valence-corrected chi connectivity index (χ2v) is 7.18. The summed E-state index contributed by atoms with van der Waals surface area (Å²) in [6.07, 6.45) is 6.39. The Labute approximate surface area is 127 Å². The van der Waals surface area contributed by atoms with Crippen molar-refractivity contribution in [3.05, 3.63) is 16.4 Å². The lowest BCUT2D eigenvalue weighted by atomic mass is 9.71. The average Bonchev–Trinajstić information content (AvgIpc) is 2.66. The predicted molar refractivity (Wildman–Crippen MR) is 85.0 cm³/mol. The van der Waals surface area contributed by atoms with Gasteiger partial charge in [-0.1, -0.05) is 32.4 Å². The molecule has 1 aliphatic carbocycles. The molecule has 2 N–H and O–H groups in total. The van der Waals surface area contributed by atoms with Crippen LogP contribution in [-0.4, -0.2) is 15.3 Å². The lowest BCUT2D eigenvalue weighted by Crippen LogP contribution is -2.46. The molecular formula is C16H28ClN3. The zero-order chi connectivity index (χ0) is 14.9. The van der Waals surface area contributed by atoms with Crippen LogP contribution in [0.3, 0.4) is 0 Å². The molecule has 1 aliphatic rings. The molecule has 0 aromatic carbocycles. The predicted octanol–water partition coefficient (Wildman–Crippen LogP) is 3.72. The monoisotopic (exact) mass is 297 g/mol. The minimum absolute atomic E-state index is 0.103. The summed E-state index contributed by atoms with van der Waals surface area (Å²) in [5.74, 6) is 1.60. The van der Waals surface area contributed by atoms with E-state index in [9.17, 15) is 0 Å². The molecule has 0 spiro atoms. The van der Waals surface area contributed by atoms with E-state index in [4.69, 9.17) is 17.3 Å². The van der Waals surface area contributed by atoms with Crippen molar-refractivity contribution in [2.24, 2.45) is 24.6 Å². The van der Waals surface area contributed by atoms with E-state index >= 15 is 0 Å². The van der Waals surface area contributed by atoms with Crippen LogP contribution in [0, 0.1) is 11.8 Å². The molecule has 0 atom stereocenters. The van der Waals surface area contributed by atoms with Gasteiger partial charge in [0.1, 0.15) is 0 Å². The van der Waals surface area contributed by atoms with E-state index in [-0.39, 0.29) is 5.54 Å². The van der Waals surface area contributed by atoms with Crippen LogP contribution < -0.4 is 5.73 Å². The summed E-state index contributed by atoms with van der Waals surface area (Å²) in [5.41, 5.74) is 8.63. The smallest absolute Gasteiger partial charge is 0.0850 e. The first-order chi connectivity index (χ1) is 9.36. The molecule has 1 aromatic heterocycles. The maximum atomic E-state index is 6.64. The van der Waals surface area contributed by atoms with Crippen molar-refractivity contribution in [1.29, 1.82) is 0 Å². The van der Waals surface area contributed by atoms with Crippen LogP contribution in [0.25, 0.3) is 0 Å². The zero-order valence-corrected chi connectivity index (χ0v) is 14.0. The SMILES string of the molecule is CCc1nn(C)c(CC2(N)CCC(C(C)C)CC2)c1Cl. The minimum atomic E-state index is -0.103. The van der Waals surface area contributed by atoms with E-state index in [1.807, 2.05) is 11.7 Å². The molecule has 1 aromatic rings. The summed E-state index contributed by atoms with van der Waals surface area (Å²) >= 11 is 6.45. The van der Waals surface area contributed by atoms with Crippen LogP contribution in [-0.2, 0) is 19.9 Å². The number of rotatable bonds is 4. The van der Waals surface area contributed by atoms with Crippen molar-refractivity contribution >= 4 is 11.6 Å². The Balaban J connectivity index is 2.09. The Morgan fingerprint density at radius 3 is 2.45 bits per heavy atom. The second kappa shape index (κ2) is 6.07. The molecule has 2 rings (SSSR count). The second-order valence-electron chi connectivity index (χ2n) is 6.81. The molecule has 0 bridgehead atoms. The van der Waals surface area contributed by atoms with Gasteiger partial charge in [-0.15, -0.1) is 0 Å². The highest BCUT2D eigenvalue weighted by molar-refractivity contribution is 6.31. The topological polar surface area (TPSA) is 43.8 Å². The van der Waals surface area contributed by atoms with Gasteiger partial charge in [-0.2, -0.15) is 5.10 Å². The number of nitrogens with zero attached hydrogens (tertiary/aromatic N) is 2. The molecule has 114 valence electrons. The lowest BCUT2D eigenvalue weighted by molar-refractivity contribution is 0.192. The number of nitrogens with two attached hydrogens (primary N) is 1. The van der Waals surface area contributed by atoms with Gasteiger partial charge < -0.3 is 5.73 Å². The molecule has 0 saturated heterocycles. The summed E-state index contributed by atoms with van der Waals surface area (Å²) in [6.45, 7) is 6.73. The molecule has 0 aliphatic heterocycles. The zero-order valence-electron chi connectivity index (χ0n) is 13.2. The van der Waals surface area contributed by atoms with E-state index in [0.29, 0.717) is 0 Å². The van der Waals surface area contributed by atoms with E-state index in [0.717, 1.165) is 53.9 Å². The van der Waals surface area contributed by atoms with Gasteiger partial charge >= 0.3 is 0 Å². The molecule has 1 saturated carbocycles. The molecule has 0 unspecified atom stereocenters. The summed E-state index contributed by atoms with van der Waals surface area (Å²) in [5, 5.41) is 5.32. The normalized spacial score (nSPS) is 27.2. The maximum Gasteiger partial charge on any atom is 0.0850 e. The number of aromatic nitrogens is 2. The minimum Gasteiger partial charge on any atom is -0.325 e. The van der Waals surface area contributed by atoms with Crippen LogP contribution >= 0.6 is 11.6 Å². The Morgan fingerprint density at radius 2 is 2.00 bits per heavy atom. The average molecular weight is 298 g/mol.